The van der Waals surface area contributed by atoms with Gasteiger partial charge in [-0.1, -0.05) is 116 Å². The number of thioether (sulfide) groups is 1. The average Bonchev–Trinajstić information content (AvgIpc) is 3.05. The first-order chi connectivity index (χ1) is 20.7. The minimum Gasteiger partial charge on any atom is -0.355 e. The van der Waals surface area contributed by atoms with E-state index < -0.39 is 4.75 Å². The minimum absolute atomic E-state index is 0.00775. The van der Waals surface area contributed by atoms with Gasteiger partial charge in [-0.3, -0.25) is 14.6 Å². The van der Waals surface area contributed by atoms with Gasteiger partial charge in [0.05, 0.1) is 21.7 Å². The summed E-state index contributed by atoms with van der Waals surface area (Å²) >= 11 is 1.64. The second kappa shape index (κ2) is 14.5. The number of anilines is 1. The molecule has 5 rings (SSSR count). The topological polar surface area (TPSA) is 71.1 Å². The van der Waals surface area contributed by atoms with Crippen molar-refractivity contribution >= 4 is 40.2 Å². The van der Waals surface area contributed by atoms with Gasteiger partial charge in [0.15, 0.2) is 0 Å². The van der Waals surface area contributed by atoms with Crippen molar-refractivity contribution in [1.82, 2.24) is 10.3 Å². The highest BCUT2D eigenvalue weighted by molar-refractivity contribution is 8.01. The Balaban J connectivity index is 1.13. The number of benzene rings is 4. The second-order valence-corrected chi connectivity index (χ2v) is 11.3. The summed E-state index contributed by atoms with van der Waals surface area (Å²) in [7, 11) is 0. The number of amides is 2. The third kappa shape index (κ3) is 7.07. The lowest BCUT2D eigenvalue weighted by Crippen LogP contribution is -2.31. The fourth-order valence-corrected chi connectivity index (χ4v) is 6.58. The molecule has 5 aromatic rings. The number of unbranched alkanes of at least 4 members (excludes halogenated alkanes) is 2. The number of hydrogen-bond acceptors (Lipinski definition) is 4. The van der Waals surface area contributed by atoms with Gasteiger partial charge in [-0.25, -0.2) is 0 Å². The van der Waals surface area contributed by atoms with Crippen LogP contribution in [0.3, 0.4) is 0 Å². The molecule has 0 saturated heterocycles. The molecule has 42 heavy (non-hydrogen) atoms. The normalized spacial score (nSPS) is 11.2. The van der Waals surface area contributed by atoms with Crippen molar-refractivity contribution in [2.24, 2.45) is 0 Å². The van der Waals surface area contributed by atoms with E-state index in [0.717, 1.165) is 52.5 Å². The summed E-state index contributed by atoms with van der Waals surface area (Å²) in [5, 5.41) is 7.08. The molecule has 0 spiro atoms. The standard InChI is InChI=1S/C36H35N3O2S/c40-33(39-32-23-13-15-28-16-14-26-38-35(28)32)24-11-4-12-25-37-34(41)27-42-36(29-17-5-1-6-18-29,30-19-7-2-8-20-30)31-21-9-3-10-22-31/h1-3,5-10,13-23,26H,4,11-12,24-25,27H2,(H,37,41)(H,39,40). The van der Waals surface area contributed by atoms with E-state index in [0.29, 0.717) is 18.7 Å². The lowest BCUT2D eigenvalue weighted by atomic mass is 9.84. The highest BCUT2D eigenvalue weighted by Crippen LogP contribution is 2.48. The Hall–Kier alpha value is -4.42. The van der Waals surface area contributed by atoms with E-state index in [9.17, 15) is 9.59 Å². The number of fused-ring (bicyclic) bond motifs is 1. The highest BCUT2D eigenvalue weighted by Gasteiger charge is 2.37. The SMILES string of the molecule is O=C(CSC(c1ccccc1)(c1ccccc1)c1ccccc1)NCCCCCC(=O)Nc1cccc2cccnc12. The molecular formula is C36H35N3O2S. The van der Waals surface area contributed by atoms with Crippen LogP contribution in [0.1, 0.15) is 42.4 Å². The number of rotatable bonds is 13. The van der Waals surface area contributed by atoms with Gasteiger partial charge in [0.25, 0.3) is 0 Å². The number of carbonyl (C=O) groups excluding carboxylic acids is 2. The Labute approximate surface area is 251 Å². The third-order valence-electron chi connectivity index (χ3n) is 7.27. The number of carbonyl (C=O) groups is 2. The van der Waals surface area contributed by atoms with Gasteiger partial charge >= 0.3 is 0 Å². The molecule has 0 radical (unpaired) electrons. The first kappa shape index (κ1) is 29.1. The number of hydrogen-bond donors (Lipinski definition) is 2. The van der Waals surface area contributed by atoms with Crippen molar-refractivity contribution in [1.29, 1.82) is 0 Å². The summed E-state index contributed by atoms with van der Waals surface area (Å²) < 4.78 is -0.520. The average molecular weight is 574 g/mol. The number of para-hydroxylation sites is 1. The first-order valence-corrected chi connectivity index (χ1v) is 15.4. The van der Waals surface area contributed by atoms with Crippen molar-refractivity contribution in [2.75, 3.05) is 17.6 Å². The van der Waals surface area contributed by atoms with Gasteiger partial charge in [-0.15, -0.1) is 11.8 Å². The van der Waals surface area contributed by atoms with Gasteiger partial charge in [0, 0.05) is 24.5 Å². The maximum absolute atomic E-state index is 13.0. The van der Waals surface area contributed by atoms with Gasteiger partial charge in [-0.2, -0.15) is 0 Å². The lowest BCUT2D eigenvalue weighted by Gasteiger charge is -2.35. The lowest BCUT2D eigenvalue weighted by molar-refractivity contribution is -0.118. The maximum Gasteiger partial charge on any atom is 0.230 e. The molecular weight excluding hydrogens is 538 g/mol. The predicted octanol–water partition coefficient (Wildman–Crippen LogP) is 7.58. The molecule has 212 valence electrons. The Bertz CT molecular complexity index is 1490. The van der Waals surface area contributed by atoms with Gasteiger partial charge < -0.3 is 10.6 Å². The molecule has 0 bridgehead atoms. The van der Waals surface area contributed by atoms with E-state index in [1.807, 2.05) is 48.5 Å². The van der Waals surface area contributed by atoms with Crippen LogP contribution >= 0.6 is 11.8 Å². The van der Waals surface area contributed by atoms with Crippen molar-refractivity contribution in [3.05, 3.63) is 144 Å². The molecule has 2 amide bonds. The van der Waals surface area contributed by atoms with Crippen molar-refractivity contribution < 1.29 is 9.59 Å². The number of aromatic nitrogens is 1. The van der Waals surface area contributed by atoms with Crippen LogP contribution < -0.4 is 10.6 Å². The van der Waals surface area contributed by atoms with Crippen molar-refractivity contribution in [3.8, 4) is 0 Å². The van der Waals surface area contributed by atoms with E-state index >= 15 is 0 Å². The number of pyridine rings is 1. The molecule has 1 aromatic heterocycles. The molecule has 0 aliphatic rings. The quantitative estimate of drug-likeness (QED) is 0.113. The molecule has 0 aliphatic heterocycles. The molecule has 6 heteroatoms. The summed E-state index contributed by atoms with van der Waals surface area (Å²) in [6, 6.07) is 40.8. The smallest absolute Gasteiger partial charge is 0.230 e. The van der Waals surface area contributed by atoms with Crippen LogP contribution in [0, 0.1) is 0 Å². The van der Waals surface area contributed by atoms with Crippen LogP contribution in [0.15, 0.2) is 128 Å². The van der Waals surface area contributed by atoms with E-state index in [4.69, 9.17) is 0 Å². The predicted molar refractivity (Wildman–Crippen MR) is 174 cm³/mol. The van der Waals surface area contributed by atoms with Gasteiger partial charge in [-0.05, 0) is 41.7 Å². The molecule has 4 aromatic carbocycles. The van der Waals surface area contributed by atoms with E-state index in [1.165, 1.54) is 0 Å². The van der Waals surface area contributed by atoms with Crippen LogP contribution in [0.2, 0.25) is 0 Å². The van der Waals surface area contributed by atoms with Gasteiger partial charge in [0.2, 0.25) is 11.8 Å². The first-order valence-electron chi connectivity index (χ1n) is 14.4. The molecule has 2 N–H and O–H groups in total. The highest BCUT2D eigenvalue weighted by atomic mass is 32.2. The van der Waals surface area contributed by atoms with E-state index in [1.54, 1.807) is 18.0 Å². The summed E-state index contributed by atoms with van der Waals surface area (Å²) in [6.07, 6.45) is 4.60. The summed E-state index contributed by atoms with van der Waals surface area (Å²) in [6.45, 7) is 0.587. The molecule has 0 aliphatic carbocycles. The van der Waals surface area contributed by atoms with Crippen molar-refractivity contribution in [3.63, 3.8) is 0 Å². The Morgan fingerprint density at radius 1 is 0.643 bits per heavy atom. The zero-order chi connectivity index (χ0) is 29.0. The number of nitrogens with zero attached hydrogens (tertiary/aromatic N) is 1. The van der Waals surface area contributed by atoms with Crippen molar-refractivity contribution in [2.45, 2.75) is 30.4 Å². The summed E-state index contributed by atoms with van der Waals surface area (Å²) in [4.78, 5) is 29.9. The second-order valence-electron chi connectivity index (χ2n) is 10.2. The fraction of sp³-hybridized carbons (Fsp3) is 0.194. The van der Waals surface area contributed by atoms with Crippen LogP contribution in [-0.4, -0.2) is 29.1 Å². The molecule has 0 saturated carbocycles. The largest absolute Gasteiger partial charge is 0.355 e. The summed E-state index contributed by atoms with van der Waals surface area (Å²) in [5.41, 5.74) is 4.94. The zero-order valence-corrected chi connectivity index (χ0v) is 24.4. The van der Waals surface area contributed by atoms with Crippen LogP contribution in [0.5, 0.6) is 0 Å². The fourth-order valence-electron chi connectivity index (χ4n) is 5.23. The Morgan fingerprint density at radius 3 is 1.86 bits per heavy atom. The third-order valence-corrected chi connectivity index (χ3v) is 8.82. The molecule has 0 atom stereocenters. The minimum atomic E-state index is -0.520. The summed E-state index contributed by atoms with van der Waals surface area (Å²) in [5.74, 6) is 0.307. The number of nitrogens with one attached hydrogen (secondary N) is 2. The molecule has 0 fully saturated rings. The van der Waals surface area contributed by atoms with E-state index in [-0.39, 0.29) is 11.8 Å². The maximum atomic E-state index is 13.0. The molecule has 0 unspecified atom stereocenters. The monoisotopic (exact) mass is 573 g/mol. The van der Waals surface area contributed by atoms with E-state index in [2.05, 4.69) is 88.4 Å². The zero-order valence-electron chi connectivity index (χ0n) is 23.5. The molecule has 1 heterocycles. The van der Waals surface area contributed by atoms with Crippen LogP contribution in [0.25, 0.3) is 10.9 Å². The Kier molecular flexibility index (Phi) is 10.0. The Morgan fingerprint density at radius 2 is 1.24 bits per heavy atom. The van der Waals surface area contributed by atoms with Crippen LogP contribution in [0.4, 0.5) is 5.69 Å². The van der Waals surface area contributed by atoms with Crippen LogP contribution in [-0.2, 0) is 14.3 Å². The molecule has 5 nitrogen and oxygen atoms in total. The van der Waals surface area contributed by atoms with Gasteiger partial charge in [0.1, 0.15) is 0 Å².